The predicted octanol–water partition coefficient (Wildman–Crippen LogP) is 3.41. The Hall–Kier alpha value is -3.71. The molecule has 0 spiro atoms. The molecule has 0 saturated carbocycles. The lowest BCUT2D eigenvalue weighted by atomic mass is 10.1. The molecule has 0 unspecified atom stereocenters. The molecule has 0 aliphatic carbocycles. The largest absolute Gasteiger partial charge is 0.479 e. The molecule has 0 aliphatic heterocycles. The maximum Gasteiger partial charge on any atom is 0.266 e. The minimum atomic E-state index is -0.940. The summed E-state index contributed by atoms with van der Waals surface area (Å²) in [4.78, 5) is 12.1. The molecular formula is C18H11F2N3O2. The monoisotopic (exact) mass is 339 g/mol. The van der Waals surface area contributed by atoms with Gasteiger partial charge in [-0.05, 0) is 35.9 Å². The Labute approximate surface area is 142 Å². The summed E-state index contributed by atoms with van der Waals surface area (Å²) in [5.41, 5.74) is 0.0535. The van der Waals surface area contributed by atoms with E-state index in [1.54, 1.807) is 30.3 Å². The highest BCUT2D eigenvalue weighted by atomic mass is 19.1. The lowest BCUT2D eigenvalue weighted by molar-refractivity contribution is -0.112. The Bertz CT molecular complexity index is 894. The highest BCUT2D eigenvalue weighted by molar-refractivity contribution is 6.09. The zero-order valence-corrected chi connectivity index (χ0v) is 12.8. The van der Waals surface area contributed by atoms with Crippen molar-refractivity contribution in [1.82, 2.24) is 0 Å². The molecular weight excluding hydrogens is 328 g/mol. The molecule has 0 aliphatic rings. The fourth-order valence-electron chi connectivity index (χ4n) is 1.87. The van der Waals surface area contributed by atoms with Gasteiger partial charge in [-0.15, -0.1) is 0 Å². The number of nitriles is 2. The van der Waals surface area contributed by atoms with Gasteiger partial charge in [0.05, 0.1) is 5.69 Å². The summed E-state index contributed by atoms with van der Waals surface area (Å²) in [5.74, 6) is -2.07. The van der Waals surface area contributed by atoms with Gasteiger partial charge in [0.25, 0.3) is 5.91 Å². The number of ether oxygens (including phenoxy) is 1. The summed E-state index contributed by atoms with van der Waals surface area (Å²) in [7, 11) is 0. The van der Waals surface area contributed by atoms with Crippen molar-refractivity contribution in [2.24, 2.45) is 0 Å². The molecule has 2 rings (SSSR count). The fourth-order valence-corrected chi connectivity index (χ4v) is 1.87. The minimum absolute atomic E-state index is 0.0930. The van der Waals surface area contributed by atoms with Gasteiger partial charge in [0.1, 0.15) is 35.1 Å². The van der Waals surface area contributed by atoms with Crippen LogP contribution in [0, 0.1) is 34.3 Å². The number of nitrogens with zero attached hydrogens (tertiary/aromatic N) is 2. The average Bonchev–Trinajstić information content (AvgIpc) is 2.61. The fraction of sp³-hybridized carbons (Fsp3) is 0.0556. The Morgan fingerprint density at radius 2 is 1.88 bits per heavy atom. The second kappa shape index (κ2) is 8.23. The topological polar surface area (TPSA) is 85.9 Å². The van der Waals surface area contributed by atoms with E-state index >= 15 is 0 Å². The number of carbonyl (C=O) groups excluding carboxylic acids is 1. The second-order valence-corrected chi connectivity index (χ2v) is 4.76. The molecule has 5 nitrogen and oxygen atoms in total. The maximum atomic E-state index is 13.6. The van der Waals surface area contributed by atoms with Gasteiger partial charge in [-0.3, -0.25) is 4.79 Å². The van der Waals surface area contributed by atoms with E-state index in [0.717, 1.165) is 12.1 Å². The van der Waals surface area contributed by atoms with E-state index in [2.05, 4.69) is 5.32 Å². The molecule has 0 bridgehead atoms. The number of carbonyl (C=O) groups is 1. The van der Waals surface area contributed by atoms with Crippen molar-refractivity contribution in [2.45, 2.75) is 0 Å². The molecule has 0 heterocycles. The van der Waals surface area contributed by atoms with Crippen molar-refractivity contribution in [3.8, 4) is 17.9 Å². The first-order chi connectivity index (χ1) is 12.0. The quantitative estimate of drug-likeness (QED) is 0.668. The molecule has 1 amide bonds. The smallest absolute Gasteiger partial charge is 0.266 e. The lowest BCUT2D eigenvalue weighted by Crippen LogP contribution is -2.14. The average molecular weight is 339 g/mol. The van der Waals surface area contributed by atoms with Crippen LogP contribution in [0.3, 0.4) is 0 Å². The zero-order valence-electron chi connectivity index (χ0n) is 12.8. The first-order valence-corrected chi connectivity index (χ1v) is 7.01. The normalized spacial score (nSPS) is 10.5. The first kappa shape index (κ1) is 17.6. The number of nitrogens with one attached hydrogen (secondary N) is 1. The van der Waals surface area contributed by atoms with Gasteiger partial charge in [-0.2, -0.15) is 10.5 Å². The molecule has 0 saturated heterocycles. The van der Waals surface area contributed by atoms with Crippen LogP contribution in [0.25, 0.3) is 6.08 Å². The van der Waals surface area contributed by atoms with E-state index in [-0.39, 0.29) is 17.9 Å². The SMILES string of the molecule is N#CCOc1ccc(/C=C(\C#N)C(=O)Nc2ccc(F)cc2F)cc1. The van der Waals surface area contributed by atoms with Crippen LogP contribution in [0.1, 0.15) is 5.56 Å². The molecule has 0 atom stereocenters. The standard InChI is InChI=1S/C18H11F2N3O2/c19-14-3-6-17(16(20)10-14)23-18(24)13(11-22)9-12-1-4-15(5-2-12)25-8-7-21/h1-6,9-10H,8H2,(H,23,24)/b13-9+. The molecule has 2 aromatic rings. The molecule has 0 aromatic heterocycles. The third-order valence-electron chi connectivity index (χ3n) is 3.04. The van der Waals surface area contributed by atoms with Gasteiger partial charge in [0.2, 0.25) is 0 Å². The molecule has 2 aromatic carbocycles. The van der Waals surface area contributed by atoms with Gasteiger partial charge in [0.15, 0.2) is 6.61 Å². The van der Waals surface area contributed by atoms with Crippen LogP contribution in [-0.4, -0.2) is 12.5 Å². The number of halogens is 2. The highest BCUT2D eigenvalue weighted by Crippen LogP contribution is 2.18. The number of amides is 1. The van der Waals surface area contributed by atoms with E-state index in [4.69, 9.17) is 15.3 Å². The summed E-state index contributed by atoms with van der Waals surface area (Å²) in [6.45, 7) is -0.0930. The van der Waals surface area contributed by atoms with Gasteiger partial charge in [-0.1, -0.05) is 12.1 Å². The van der Waals surface area contributed by atoms with Crippen molar-refractivity contribution in [3.05, 3.63) is 65.2 Å². The number of hydrogen-bond acceptors (Lipinski definition) is 4. The number of benzene rings is 2. The van der Waals surface area contributed by atoms with Crippen LogP contribution in [0.5, 0.6) is 5.75 Å². The Balaban J connectivity index is 2.15. The number of rotatable bonds is 5. The predicted molar refractivity (Wildman–Crippen MR) is 86.1 cm³/mol. The van der Waals surface area contributed by atoms with Gasteiger partial charge in [-0.25, -0.2) is 8.78 Å². The molecule has 124 valence electrons. The van der Waals surface area contributed by atoms with Crippen LogP contribution >= 0.6 is 0 Å². The Morgan fingerprint density at radius 1 is 1.16 bits per heavy atom. The first-order valence-electron chi connectivity index (χ1n) is 7.01. The van der Waals surface area contributed by atoms with E-state index in [0.29, 0.717) is 17.4 Å². The Kier molecular flexibility index (Phi) is 5.81. The van der Waals surface area contributed by atoms with Crippen LogP contribution in [0.15, 0.2) is 48.0 Å². The minimum Gasteiger partial charge on any atom is -0.479 e. The van der Waals surface area contributed by atoms with Crippen molar-refractivity contribution in [1.29, 1.82) is 10.5 Å². The Morgan fingerprint density at radius 3 is 2.48 bits per heavy atom. The maximum absolute atomic E-state index is 13.6. The van der Waals surface area contributed by atoms with Crippen molar-refractivity contribution >= 4 is 17.7 Å². The van der Waals surface area contributed by atoms with Crippen LogP contribution in [-0.2, 0) is 4.79 Å². The third-order valence-corrected chi connectivity index (χ3v) is 3.04. The van der Waals surface area contributed by atoms with Crippen molar-refractivity contribution in [3.63, 3.8) is 0 Å². The summed E-state index contributed by atoms with van der Waals surface area (Å²) in [5, 5.41) is 19.8. The van der Waals surface area contributed by atoms with E-state index in [1.165, 1.54) is 6.08 Å². The second-order valence-electron chi connectivity index (χ2n) is 4.76. The van der Waals surface area contributed by atoms with Gasteiger partial charge >= 0.3 is 0 Å². The molecule has 0 fully saturated rings. The summed E-state index contributed by atoms with van der Waals surface area (Å²) in [6.07, 6.45) is 1.31. The highest BCUT2D eigenvalue weighted by Gasteiger charge is 2.12. The van der Waals surface area contributed by atoms with E-state index in [1.807, 2.05) is 6.07 Å². The van der Waals surface area contributed by atoms with Gasteiger partial charge < -0.3 is 10.1 Å². The molecule has 25 heavy (non-hydrogen) atoms. The number of anilines is 1. The third kappa shape index (κ3) is 4.88. The zero-order chi connectivity index (χ0) is 18.2. The van der Waals surface area contributed by atoms with Crippen molar-refractivity contribution in [2.75, 3.05) is 11.9 Å². The summed E-state index contributed by atoms with van der Waals surface area (Å²) < 4.78 is 31.5. The lowest BCUT2D eigenvalue weighted by Gasteiger charge is -2.06. The molecule has 0 radical (unpaired) electrons. The molecule has 7 heteroatoms. The van der Waals surface area contributed by atoms with E-state index in [9.17, 15) is 13.6 Å². The van der Waals surface area contributed by atoms with E-state index < -0.39 is 17.5 Å². The van der Waals surface area contributed by atoms with Crippen LogP contribution < -0.4 is 10.1 Å². The summed E-state index contributed by atoms with van der Waals surface area (Å²) in [6, 6.07) is 12.6. The summed E-state index contributed by atoms with van der Waals surface area (Å²) >= 11 is 0. The van der Waals surface area contributed by atoms with Gasteiger partial charge in [0, 0.05) is 6.07 Å². The van der Waals surface area contributed by atoms with Crippen LogP contribution in [0.2, 0.25) is 0 Å². The number of hydrogen-bond donors (Lipinski definition) is 1. The molecule has 1 N–H and O–H groups in total. The van der Waals surface area contributed by atoms with Crippen molar-refractivity contribution < 1.29 is 18.3 Å². The van der Waals surface area contributed by atoms with Crippen LogP contribution in [0.4, 0.5) is 14.5 Å².